The van der Waals surface area contributed by atoms with Crippen LogP contribution in [0.5, 0.6) is 11.9 Å². The lowest BCUT2D eigenvalue weighted by molar-refractivity contribution is 0.341. The second kappa shape index (κ2) is 4.65. The Hall–Kier alpha value is -1.36. The van der Waals surface area contributed by atoms with Gasteiger partial charge in [-0.15, -0.1) is 0 Å². The minimum absolute atomic E-state index is 0.127. The van der Waals surface area contributed by atoms with E-state index in [4.69, 9.17) is 15.2 Å². The molecule has 0 aliphatic rings. The van der Waals surface area contributed by atoms with Crippen molar-refractivity contribution >= 4 is 0 Å². The summed E-state index contributed by atoms with van der Waals surface area (Å²) in [5.74, 6) is 0.485. The van der Waals surface area contributed by atoms with Gasteiger partial charge in [0.25, 0.3) is 0 Å². The molecule has 0 unspecified atom stereocenters. The monoisotopic (exact) mass is 225 g/mol. The van der Waals surface area contributed by atoms with Crippen molar-refractivity contribution < 1.29 is 9.47 Å². The Labute approximate surface area is 96.0 Å². The number of nitrogens with two attached hydrogens (primary N) is 1. The molecule has 0 spiro atoms. The zero-order chi connectivity index (χ0) is 12.3. The standard InChI is InChI=1S/C11H19N3O2/c1-11(2,3)8-7(6-12)9(15-4)14-10(13-8)16-5/h6,12H2,1-5H3. The first-order chi connectivity index (χ1) is 7.43. The fourth-order valence-electron chi connectivity index (χ4n) is 1.51. The molecule has 0 saturated carbocycles. The van der Waals surface area contributed by atoms with Crippen LogP contribution in [-0.4, -0.2) is 24.2 Å². The third-order valence-corrected chi connectivity index (χ3v) is 2.24. The van der Waals surface area contributed by atoms with E-state index in [0.717, 1.165) is 11.3 Å². The van der Waals surface area contributed by atoms with Crippen molar-refractivity contribution in [3.63, 3.8) is 0 Å². The maximum atomic E-state index is 5.71. The molecule has 2 N–H and O–H groups in total. The number of aromatic nitrogens is 2. The third-order valence-electron chi connectivity index (χ3n) is 2.24. The Kier molecular flexibility index (Phi) is 3.70. The lowest BCUT2D eigenvalue weighted by Gasteiger charge is -2.22. The highest BCUT2D eigenvalue weighted by Gasteiger charge is 2.24. The second-order valence-corrected chi connectivity index (χ2v) is 4.50. The van der Waals surface area contributed by atoms with E-state index in [9.17, 15) is 0 Å². The molecule has 5 nitrogen and oxygen atoms in total. The van der Waals surface area contributed by atoms with Crippen molar-refractivity contribution in [3.05, 3.63) is 11.3 Å². The fraction of sp³-hybridized carbons (Fsp3) is 0.636. The lowest BCUT2D eigenvalue weighted by Crippen LogP contribution is -2.20. The van der Waals surface area contributed by atoms with E-state index in [2.05, 4.69) is 30.7 Å². The van der Waals surface area contributed by atoms with Crippen LogP contribution in [0.1, 0.15) is 32.0 Å². The predicted octanol–water partition coefficient (Wildman–Crippen LogP) is 1.25. The van der Waals surface area contributed by atoms with Gasteiger partial charge < -0.3 is 15.2 Å². The van der Waals surface area contributed by atoms with Crippen LogP contribution < -0.4 is 15.2 Å². The molecule has 1 rings (SSSR count). The average Bonchev–Trinajstić information content (AvgIpc) is 2.25. The first kappa shape index (κ1) is 12.7. The van der Waals surface area contributed by atoms with Gasteiger partial charge in [0.1, 0.15) is 0 Å². The average molecular weight is 225 g/mol. The molecule has 5 heteroatoms. The van der Waals surface area contributed by atoms with Gasteiger partial charge in [-0.25, -0.2) is 0 Å². The normalized spacial score (nSPS) is 11.4. The minimum atomic E-state index is -0.127. The number of ether oxygens (including phenoxy) is 2. The van der Waals surface area contributed by atoms with Gasteiger partial charge in [0.2, 0.25) is 5.88 Å². The maximum absolute atomic E-state index is 5.71. The molecule has 0 amide bonds. The first-order valence-electron chi connectivity index (χ1n) is 5.13. The van der Waals surface area contributed by atoms with Crippen LogP contribution in [0.2, 0.25) is 0 Å². The number of hydrogen-bond donors (Lipinski definition) is 1. The van der Waals surface area contributed by atoms with Crippen LogP contribution >= 0.6 is 0 Å². The quantitative estimate of drug-likeness (QED) is 0.838. The molecule has 0 aliphatic heterocycles. The van der Waals surface area contributed by atoms with Gasteiger partial charge in [0, 0.05) is 12.0 Å². The zero-order valence-corrected chi connectivity index (χ0v) is 10.5. The third kappa shape index (κ3) is 2.41. The molecule has 0 radical (unpaired) electrons. The predicted molar refractivity (Wildman–Crippen MR) is 61.7 cm³/mol. The zero-order valence-electron chi connectivity index (χ0n) is 10.5. The largest absolute Gasteiger partial charge is 0.481 e. The van der Waals surface area contributed by atoms with E-state index in [0.29, 0.717) is 18.4 Å². The summed E-state index contributed by atoms with van der Waals surface area (Å²) in [7, 11) is 3.09. The summed E-state index contributed by atoms with van der Waals surface area (Å²) in [6, 6.07) is 0.305. The Morgan fingerprint density at radius 3 is 2.12 bits per heavy atom. The van der Waals surface area contributed by atoms with E-state index in [1.807, 2.05) is 0 Å². The van der Waals surface area contributed by atoms with E-state index < -0.39 is 0 Å². The van der Waals surface area contributed by atoms with Gasteiger partial charge in [0.15, 0.2) is 0 Å². The van der Waals surface area contributed by atoms with Crippen molar-refractivity contribution in [2.24, 2.45) is 5.73 Å². The van der Waals surface area contributed by atoms with Crippen molar-refractivity contribution in [1.82, 2.24) is 9.97 Å². The fourth-order valence-corrected chi connectivity index (χ4v) is 1.51. The maximum Gasteiger partial charge on any atom is 0.319 e. The van der Waals surface area contributed by atoms with Crippen LogP contribution in [0.3, 0.4) is 0 Å². The van der Waals surface area contributed by atoms with Crippen molar-refractivity contribution in [1.29, 1.82) is 0 Å². The molecule has 0 aromatic carbocycles. The molecule has 0 atom stereocenters. The molecule has 0 aliphatic carbocycles. The van der Waals surface area contributed by atoms with Gasteiger partial charge in [0.05, 0.1) is 25.5 Å². The van der Waals surface area contributed by atoms with Crippen LogP contribution in [0.15, 0.2) is 0 Å². The minimum Gasteiger partial charge on any atom is -0.481 e. The van der Waals surface area contributed by atoms with E-state index in [1.165, 1.54) is 7.11 Å². The van der Waals surface area contributed by atoms with Gasteiger partial charge in [-0.1, -0.05) is 20.8 Å². The summed E-state index contributed by atoms with van der Waals surface area (Å²) in [5.41, 5.74) is 7.28. The molecule has 0 fully saturated rings. The van der Waals surface area contributed by atoms with Gasteiger partial charge in [-0.05, 0) is 0 Å². The molecular weight excluding hydrogens is 206 g/mol. The van der Waals surface area contributed by atoms with Gasteiger partial charge >= 0.3 is 6.01 Å². The molecule has 16 heavy (non-hydrogen) atoms. The molecule has 90 valence electrons. The molecule has 1 aromatic rings. The van der Waals surface area contributed by atoms with Gasteiger partial charge in [-0.3, -0.25) is 0 Å². The summed E-state index contributed by atoms with van der Waals surface area (Å²) in [6.07, 6.45) is 0. The molecule has 1 aromatic heterocycles. The van der Waals surface area contributed by atoms with Crippen LogP contribution in [-0.2, 0) is 12.0 Å². The van der Waals surface area contributed by atoms with Crippen molar-refractivity contribution in [2.75, 3.05) is 14.2 Å². The molecule has 0 saturated heterocycles. The highest BCUT2D eigenvalue weighted by molar-refractivity contribution is 5.36. The van der Waals surface area contributed by atoms with Crippen LogP contribution in [0.4, 0.5) is 0 Å². The summed E-state index contributed by atoms with van der Waals surface area (Å²) < 4.78 is 10.3. The number of hydrogen-bond acceptors (Lipinski definition) is 5. The Bertz CT molecular complexity index is 372. The SMILES string of the molecule is COc1nc(OC)c(CN)c(C(C)(C)C)n1. The summed E-state index contributed by atoms with van der Waals surface area (Å²) in [6.45, 7) is 6.54. The van der Waals surface area contributed by atoms with Crippen molar-refractivity contribution in [3.8, 4) is 11.9 Å². The van der Waals surface area contributed by atoms with Crippen LogP contribution in [0, 0.1) is 0 Å². The number of methoxy groups -OCH3 is 2. The Morgan fingerprint density at radius 2 is 1.75 bits per heavy atom. The van der Waals surface area contributed by atoms with E-state index >= 15 is 0 Å². The summed E-state index contributed by atoms with van der Waals surface area (Å²) >= 11 is 0. The highest BCUT2D eigenvalue weighted by Crippen LogP contribution is 2.30. The Morgan fingerprint density at radius 1 is 1.12 bits per heavy atom. The summed E-state index contributed by atoms with van der Waals surface area (Å²) in [5, 5.41) is 0. The van der Waals surface area contributed by atoms with Crippen LogP contribution in [0.25, 0.3) is 0 Å². The van der Waals surface area contributed by atoms with E-state index in [1.54, 1.807) is 7.11 Å². The number of rotatable bonds is 3. The molecular formula is C11H19N3O2. The first-order valence-corrected chi connectivity index (χ1v) is 5.13. The van der Waals surface area contributed by atoms with E-state index in [-0.39, 0.29) is 5.41 Å². The Balaban J connectivity index is 3.43. The number of nitrogens with zero attached hydrogens (tertiary/aromatic N) is 2. The van der Waals surface area contributed by atoms with Crippen molar-refractivity contribution in [2.45, 2.75) is 32.7 Å². The molecule has 1 heterocycles. The summed E-state index contributed by atoms with van der Waals surface area (Å²) in [4.78, 5) is 8.47. The topological polar surface area (TPSA) is 70.3 Å². The highest BCUT2D eigenvalue weighted by atomic mass is 16.5. The second-order valence-electron chi connectivity index (χ2n) is 4.50. The lowest BCUT2D eigenvalue weighted by atomic mass is 9.89. The smallest absolute Gasteiger partial charge is 0.319 e. The van der Waals surface area contributed by atoms with Gasteiger partial charge in [-0.2, -0.15) is 9.97 Å². The molecule has 0 bridgehead atoms.